The van der Waals surface area contributed by atoms with E-state index >= 15 is 0 Å². The summed E-state index contributed by atoms with van der Waals surface area (Å²) >= 11 is -3.76. The van der Waals surface area contributed by atoms with Crippen molar-refractivity contribution in [3.8, 4) is 45.3 Å². The Hall–Kier alpha value is -7.80. The van der Waals surface area contributed by atoms with Crippen LogP contribution in [0.4, 0.5) is 0 Å². The van der Waals surface area contributed by atoms with Crippen molar-refractivity contribution < 1.29 is 0 Å². The van der Waals surface area contributed by atoms with Gasteiger partial charge in [-0.15, -0.1) is 0 Å². The monoisotopic (exact) mass is 864 g/mol. The maximum absolute atomic E-state index is 5.69. The summed E-state index contributed by atoms with van der Waals surface area (Å²) < 4.78 is 10.3. The van der Waals surface area contributed by atoms with Crippen molar-refractivity contribution in [2.75, 3.05) is 0 Å². The Morgan fingerprint density at radius 1 is 0.333 bits per heavy atom. The number of rotatable bonds is 6. The molecule has 9 aromatic carbocycles. The van der Waals surface area contributed by atoms with Gasteiger partial charge in [0.25, 0.3) is 0 Å². The van der Waals surface area contributed by atoms with Crippen molar-refractivity contribution in [1.82, 2.24) is 19.1 Å². The van der Waals surface area contributed by atoms with Gasteiger partial charge < -0.3 is 0 Å². The zero-order valence-electron chi connectivity index (χ0n) is 34.2. The molecule has 0 amide bonds. The summed E-state index contributed by atoms with van der Waals surface area (Å²) in [5.41, 5.74) is 12.3. The Kier molecular flexibility index (Phi) is 8.05. The van der Waals surface area contributed by atoms with E-state index in [1.54, 1.807) is 0 Å². The molecule has 12 aromatic rings. The van der Waals surface area contributed by atoms with Gasteiger partial charge in [-0.3, -0.25) is 0 Å². The van der Waals surface area contributed by atoms with Crippen molar-refractivity contribution in [2.45, 2.75) is 0 Å². The quantitative estimate of drug-likeness (QED) is 0.156. The number of aromatic nitrogens is 4. The fraction of sp³-hybridized carbons (Fsp3) is 0. The van der Waals surface area contributed by atoms with Crippen LogP contribution in [0.3, 0.4) is 0 Å². The Balaban J connectivity index is 1.11. The SMILES string of the molecule is c1ccc(-c2nc(-c3cccc(-n4c5ccccc5c5cc6c(cc54)c4ccccc4n6-c4ccccc4)c3)[c]3c(n2)-c2cccc[c]2[Ge]3([c]2ccccc2)[c]2ccccc2)cc1. The molecule has 13 rings (SSSR count). The molecule has 1 aliphatic rings. The summed E-state index contributed by atoms with van der Waals surface area (Å²) in [4.78, 5) is 11.2. The van der Waals surface area contributed by atoms with Gasteiger partial charge in [0.1, 0.15) is 0 Å². The summed E-state index contributed by atoms with van der Waals surface area (Å²) in [6.45, 7) is 0. The number of fused-ring (bicyclic) bond motifs is 9. The molecule has 4 nitrogen and oxygen atoms in total. The first-order chi connectivity index (χ1) is 31.3. The van der Waals surface area contributed by atoms with Crippen LogP contribution in [0.1, 0.15) is 0 Å². The number of benzene rings is 9. The Morgan fingerprint density at radius 2 is 0.810 bits per heavy atom. The predicted octanol–water partition coefficient (Wildman–Crippen LogP) is 11.4. The summed E-state index contributed by atoms with van der Waals surface area (Å²) in [5, 5.41) is 4.90. The molecule has 0 saturated heterocycles. The molecule has 0 fully saturated rings. The van der Waals surface area contributed by atoms with Crippen molar-refractivity contribution >= 4 is 74.5 Å². The van der Waals surface area contributed by atoms with Gasteiger partial charge >= 0.3 is 333 Å². The summed E-state index contributed by atoms with van der Waals surface area (Å²) in [6.07, 6.45) is 0. The minimum absolute atomic E-state index is 0.734. The summed E-state index contributed by atoms with van der Waals surface area (Å²) in [5.74, 6) is 0.734. The van der Waals surface area contributed by atoms with Gasteiger partial charge in [0.15, 0.2) is 0 Å². The average molecular weight is 864 g/mol. The van der Waals surface area contributed by atoms with Crippen molar-refractivity contribution in [3.63, 3.8) is 0 Å². The molecule has 63 heavy (non-hydrogen) atoms. The van der Waals surface area contributed by atoms with Crippen LogP contribution in [0, 0.1) is 0 Å². The van der Waals surface area contributed by atoms with E-state index in [-0.39, 0.29) is 0 Å². The van der Waals surface area contributed by atoms with Crippen molar-refractivity contribution in [3.05, 3.63) is 231 Å². The van der Waals surface area contributed by atoms with E-state index in [1.807, 2.05) is 0 Å². The molecule has 0 bridgehead atoms. The average Bonchev–Trinajstić information content (AvgIpc) is 3.98. The van der Waals surface area contributed by atoms with Crippen molar-refractivity contribution in [2.24, 2.45) is 0 Å². The first kappa shape index (κ1) is 35.9. The first-order valence-corrected chi connectivity index (χ1v) is 25.8. The fourth-order valence-corrected chi connectivity index (χ4v) is 21.6. The van der Waals surface area contributed by atoms with Crippen LogP contribution >= 0.6 is 0 Å². The second-order valence-corrected chi connectivity index (χ2v) is 24.2. The van der Waals surface area contributed by atoms with E-state index < -0.39 is 13.3 Å². The van der Waals surface area contributed by atoms with Crippen molar-refractivity contribution in [1.29, 1.82) is 0 Å². The molecular weight excluding hydrogens is 825 g/mol. The van der Waals surface area contributed by atoms with Crippen LogP contribution in [0.5, 0.6) is 0 Å². The molecule has 0 atom stereocenters. The van der Waals surface area contributed by atoms with E-state index in [0.29, 0.717) is 0 Å². The molecule has 0 saturated carbocycles. The van der Waals surface area contributed by atoms with Gasteiger partial charge in [-0.25, -0.2) is 0 Å². The molecule has 0 unspecified atom stereocenters. The Morgan fingerprint density at radius 3 is 1.44 bits per heavy atom. The number of hydrogen-bond donors (Lipinski definition) is 0. The Bertz CT molecular complexity index is 3690. The topological polar surface area (TPSA) is 35.6 Å². The normalized spacial score (nSPS) is 12.9. The van der Waals surface area contributed by atoms with E-state index in [2.05, 4.69) is 240 Å². The molecular formula is C58H38GeN4. The standard InChI is InChI=1S/C58H38GeN4/c1-5-20-39(21-6-1)58-60-56(55-57(61-58)47-32-13-16-33-50(47)59(55,41-23-7-2-8-24-41)42-25-9-3-10-26-42)40-22-19-29-44(36-40)63-52-35-18-15-31-46(52)49-37-53-48(38-54(49)63)45-30-14-17-34-51(45)62(53)43-27-11-4-12-28-43/h1-38H. The molecule has 0 N–H and O–H groups in total. The van der Waals surface area contributed by atoms with Gasteiger partial charge in [-0.1, -0.05) is 24.3 Å². The number of nitrogens with zero attached hydrogens (tertiary/aromatic N) is 4. The van der Waals surface area contributed by atoms with Gasteiger partial charge in [-0.05, 0) is 12.1 Å². The minimum atomic E-state index is -3.76. The molecule has 0 radical (unpaired) electrons. The van der Waals surface area contributed by atoms with E-state index in [4.69, 9.17) is 9.97 Å². The number of hydrogen-bond acceptors (Lipinski definition) is 2. The van der Waals surface area contributed by atoms with E-state index in [9.17, 15) is 0 Å². The van der Waals surface area contributed by atoms with Crippen LogP contribution < -0.4 is 17.6 Å². The molecule has 0 spiro atoms. The fourth-order valence-electron chi connectivity index (χ4n) is 10.6. The second kappa shape index (κ2) is 14.1. The molecule has 1 aliphatic heterocycles. The third-order valence-electron chi connectivity index (χ3n) is 13.2. The van der Waals surface area contributed by atoms with Gasteiger partial charge in [0.2, 0.25) is 0 Å². The molecule has 0 aliphatic carbocycles. The second-order valence-electron chi connectivity index (χ2n) is 16.5. The van der Waals surface area contributed by atoms with Crippen LogP contribution in [0.2, 0.25) is 0 Å². The zero-order valence-corrected chi connectivity index (χ0v) is 36.3. The third-order valence-corrected chi connectivity index (χ3v) is 23.4. The number of para-hydroxylation sites is 3. The van der Waals surface area contributed by atoms with E-state index in [0.717, 1.165) is 39.7 Å². The van der Waals surface area contributed by atoms with Crippen LogP contribution in [-0.2, 0) is 0 Å². The third kappa shape index (κ3) is 5.28. The molecule has 294 valence electrons. The predicted molar refractivity (Wildman–Crippen MR) is 264 cm³/mol. The van der Waals surface area contributed by atoms with Crippen LogP contribution in [0.25, 0.3) is 88.9 Å². The summed E-state index contributed by atoms with van der Waals surface area (Å²) in [6, 6.07) is 84.2. The molecule has 3 aromatic heterocycles. The van der Waals surface area contributed by atoms with Crippen LogP contribution in [-0.4, -0.2) is 32.4 Å². The summed E-state index contributed by atoms with van der Waals surface area (Å²) in [7, 11) is 0. The van der Waals surface area contributed by atoms with Gasteiger partial charge in [0.05, 0.1) is 0 Å². The van der Waals surface area contributed by atoms with E-state index in [1.165, 1.54) is 66.8 Å². The molecule has 5 heteroatoms. The zero-order chi connectivity index (χ0) is 41.5. The maximum atomic E-state index is 5.69. The van der Waals surface area contributed by atoms with Crippen LogP contribution in [0.15, 0.2) is 231 Å². The molecule has 4 heterocycles. The van der Waals surface area contributed by atoms with Gasteiger partial charge in [-0.2, -0.15) is 0 Å². The Labute approximate surface area is 367 Å². The first-order valence-electron chi connectivity index (χ1n) is 21.6. The van der Waals surface area contributed by atoms with Gasteiger partial charge in [0, 0.05) is 0 Å².